The first kappa shape index (κ1) is 18.3. The maximum absolute atomic E-state index is 8.55. The number of aryl methyl sites for hydroxylation is 1. The van der Waals surface area contributed by atoms with Crippen LogP contribution in [0.3, 0.4) is 0 Å². The summed E-state index contributed by atoms with van der Waals surface area (Å²) < 4.78 is 0. The second-order valence-corrected chi connectivity index (χ2v) is 7.01. The van der Waals surface area contributed by atoms with Gasteiger partial charge in [-0.05, 0) is 56.5 Å². The molecule has 0 atom stereocenters. The summed E-state index contributed by atoms with van der Waals surface area (Å²) in [6.45, 7) is 5.73. The van der Waals surface area contributed by atoms with Crippen molar-refractivity contribution in [3.05, 3.63) is 47.5 Å². The van der Waals surface area contributed by atoms with Crippen LogP contribution in [0.15, 0.2) is 36.4 Å². The Labute approximate surface area is 154 Å². The first-order valence-corrected chi connectivity index (χ1v) is 9.24. The SMILES string of the molecule is CCC(=N)/C=C\C(=N)c1cc2cc(C)ccc2nc1N1CCC(N)CC1. The molecule has 0 unspecified atom stereocenters. The summed E-state index contributed by atoms with van der Waals surface area (Å²) in [5.74, 6) is 0.853. The van der Waals surface area contributed by atoms with E-state index in [0.717, 1.165) is 48.2 Å². The lowest BCUT2D eigenvalue weighted by atomic mass is 10.0. The van der Waals surface area contributed by atoms with Gasteiger partial charge in [-0.2, -0.15) is 0 Å². The molecular formula is C21H27N5. The maximum Gasteiger partial charge on any atom is 0.138 e. The molecule has 3 rings (SSSR count). The van der Waals surface area contributed by atoms with E-state index in [9.17, 15) is 0 Å². The number of nitrogens with two attached hydrogens (primary N) is 1. The Kier molecular flexibility index (Phi) is 5.47. The highest BCUT2D eigenvalue weighted by molar-refractivity contribution is 6.13. The highest BCUT2D eigenvalue weighted by atomic mass is 15.2. The summed E-state index contributed by atoms with van der Waals surface area (Å²) in [5, 5.41) is 17.4. The minimum absolute atomic E-state index is 0.252. The van der Waals surface area contributed by atoms with E-state index in [0.29, 0.717) is 17.8 Å². The molecule has 1 aromatic heterocycles. The van der Waals surface area contributed by atoms with Crippen LogP contribution >= 0.6 is 0 Å². The van der Waals surface area contributed by atoms with Gasteiger partial charge in [0.1, 0.15) is 5.82 Å². The number of benzene rings is 1. The van der Waals surface area contributed by atoms with E-state index >= 15 is 0 Å². The Morgan fingerprint density at radius 2 is 1.96 bits per heavy atom. The fourth-order valence-electron chi connectivity index (χ4n) is 3.23. The zero-order chi connectivity index (χ0) is 18.7. The van der Waals surface area contributed by atoms with Crippen LogP contribution < -0.4 is 10.6 Å². The second-order valence-electron chi connectivity index (χ2n) is 7.01. The summed E-state index contributed by atoms with van der Waals surface area (Å²) in [5.41, 5.74) is 9.91. The summed E-state index contributed by atoms with van der Waals surface area (Å²) >= 11 is 0. The van der Waals surface area contributed by atoms with Crippen LogP contribution in [-0.4, -0.2) is 35.5 Å². The molecule has 1 saturated heterocycles. The zero-order valence-corrected chi connectivity index (χ0v) is 15.5. The van der Waals surface area contributed by atoms with E-state index in [1.165, 1.54) is 5.56 Å². The molecular weight excluding hydrogens is 322 g/mol. The smallest absolute Gasteiger partial charge is 0.138 e. The summed E-state index contributed by atoms with van der Waals surface area (Å²) in [6.07, 6.45) is 5.96. The van der Waals surface area contributed by atoms with E-state index < -0.39 is 0 Å². The number of allylic oxidation sites excluding steroid dienone is 2. The van der Waals surface area contributed by atoms with Crippen LogP contribution in [0, 0.1) is 17.7 Å². The standard InChI is InChI=1S/C21H27N5/c1-3-16(22)5-6-19(24)18-13-15-12-14(2)4-7-20(15)25-21(18)26-10-8-17(23)9-11-26/h4-7,12-13,17,22,24H,3,8-11,23H2,1-2H3/b6-5-,22-16?,24-19?. The summed E-state index contributed by atoms with van der Waals surface area (Å²) in [6, 6.07) is 8.52. The minimum atomic E-state index is 0.252. The number of piperidine rings is 1. The molecule has 5 heteroatoms. The number of hydrogen-bond acceptors (Lipinski definition) is 5. The van der Waals surface area contributed by atoms with Crippen LogP contribution in [0.25, 0.3) is 10.9 Å². The molecule has 136 valence electrons. The lowest BCUT2D eigenvalue weighted by molar-refractivity contribution is 0.499. The summed E-state index contributed by atoms with van der Waals surface area (Å²) in [7, 11) is 0. The molecule has 1 aromatic carbocycles. The maximum atomic E-state index is 8.55. The molecule has 2 aromatic rings. The number of anilines is 1. The van der Waals surface area contributed by atoms with Gasteiger partial charge in [0.05, 0.1) is 11.2 Å². The number of pyridine rings is 1. The second kappa shape index (κ2) is 7.79. The monoisotopic (exact) mass is 349 g/mol. The highest BCUT2D eigenvalue weighted by Gasteiger charge is 2.21. The van der Waals surface area contributed by atoms with Crippen molar-refractivity contribution in [1.82, 2.24) is 4.98 Å². The third-order valence-corrected chi connectivity index (χ3v) is 4.91. The van der Waals surface area contributed by atoms with Gasteiger partial charge in [0.2, 0.25) is 0 Å². The van der Waals surface area contributed by atoms with Crippen molar-refractivity contribution in [2.24, 2.45) is 5.73 Å². The van der Waals surface area contributed by atoms with E-state index in [4.69, 9.17) is 21.5 Å². The van der Waals surface area contributed by atoms with Crippen LogP contribution in [0.4, 0.5) is 5.82 Å². The lowest BCUT2D eigenvalue weighted by Crippen LogP contribution is -2.40. The molecule has 0 radical (unpaired) electrons. The van der Waals surface area contributed by atoms with Crippen molar-refractivity contribution in [3.63, 3.8) is 0 Å². The van der Waals surface area contributed by atoms with Gasteiger partial charge in [-0.3, -0.25) is 0 Å². The van der Waals surface area contributed by atoms with Gasteiger partial charge in [-0.15, -0.1) is 0 Å². The molecule has 2 heterocycles. The molecule has 1 fully saturated rings. The Hall–Kier alpha value is -2.53. The molecule has 4 N–H and O–H groups in total. The fourth-order valence-corrected chi connectivity index (χ4v) is 3.23. The third kappa shape index (κ3) is 3.99. The van der Waals surface area contributed by atoms with Gasteiger partial charge < -0.3 is 21.5 Å². The first-order chi connectivity index (χ1) is 12.5. The Morgan fingerprint density at radius 3 is 2.65 bits per heavy atom. The number of aromatic nitrogens is 1. The largest absolute Gasteiger partial charge is 0.356 e. The van der Waals surface area contributed by atoms with Crippen LogP contribution in [0.2, 0.25) is 0 Å². The van der Waals surface area contributed by atoms with Crippen molar-refractivity contribution >= 4 is 28.1 Å². The summed E-state index contributed by atoms with van der Waals surface area (Å²) in [4.78, 5) is 7.13. The van der Waals surface area contributed by atoms with E-state index in [2.05, 4.69) is 30.0 Å². The van der Waals surface area contributed by atoms with E-state index in [1.807, 2.05) is 13.0 Å². The normalized spacial score (nSPS) is 15.7. The predicted octanol–water partition coefficient (Wildman–Crippen LogP) is 3.82. The van der Waals surface area contributed by atoms with Gasteiger partial charge >= 0.3 is 0 Å². The van der Waals surface area contributed by atoms with Crippen molar-refractivity contribution in [1.29, 1.82) is 10.8 Å². The van der Waals surface area contributed by atoms with E-state index in [1.54, 1.807) is 12.2 Å². The zero-order valence-electron chi connectivity index (χ0n) is 15.5. The number of nitrogens with zero attached hydrogens (tertiary/aromatic N) is 2. The van der Waals surface area contributed by atoms with Gasteiger partial charge in [-0.25, -0.2) is 4.98 Å². The van der Waals surface area contributed by atoms with Crippen molar-refractivity contribution in [2.45, 2.75) is 39.2 Å². The first-order valence-electron chi connectivity index (χ1n) is 9.24. The number of rotatable bonds is 5. The molecule has 0 aliphatic carbocycles. The topological polar surface area (TPSA) is 89.9 Å². The molecule has 26 heavy (non-hydrogen) atoms. The highest BCUT2D eigenvalue weighted by Crippen LogP contribution is 2.27. The molecule has 0 amide bonds. The Morgan fingerprint density at radius 1 is 1.23 bits per heavy atom. The van der Waals surface area contributed by atoms with Crippen molar-refractivity contribution in [3.8, 4) is 0 Å². The number of fused-ring (bicyclic) bond motifs is 1. The average molecular weight is 349 g/mol. The fraction of sp³-hybridized carbons (Fsp3) is 0.381. The van der Waals surface area contributed by atoms with Gasteiger partial charge in [0.15, 0.2) is 0 Å². The third-order valence-electron chi connectivity index (χ3n) is 4.91. The number of nitrogens with one attached hydrogen (secondary N) is 2. The molecule has 1 aliphatic heterocycles. The van der Waals surface area contributed by atoms with Gasteiger partial charge in [-0.1, -0.05) is 18.6 Å². The minimum Gasteiger partial charge on any atom is -0.356 e. The quantitative estimate of drug-likeness (QED) is 0.717. The average Bonchev–Trinajstić information content (AvgIpc) is 2.65. The van der Waals surface area contributed by atoms with Crippen molar-refractivity contribution in [2.75, 3.05) is 18.0 Å². The molecule has 0 saturated carbocycles. The predicted molar refractivity (Wildman–Crippen MR) is 110 cm³/mol. The number of hydrogen-bond donors (Lipinski definition) is 3. The Bertz CT molecular complexity index is 860. The van der Waals surface area contributed by atoms with E-state index in [-0.39, 0.29) is 6.04 Å². The van der Waals surface area contributed by atoms with Crippen LogP contribution in [-0.2, 0) is 0 Å². The van der Waals surface area contributed by atoms with Crippen LogP contribution in [0.1, 0.15) is 37.3 Å². The lowest BCUT2D eigenvalue weighted by Gasteiger charge is -2.32. The molecule has 0 spiro atoms. The van der Waals surface area contributed by atoms with Gasteiger partial charge in [0.25, 0.3) is 0 Å². The van der Waals surface area contributed by atoms with Crippen molar-refractivity contribution < 1.29 is 0 Å². The molecule has 1 aliphatic rings. The molecule has 5 nitrogen and oxygen atoms in total. The van der Waals surface area contributed by atoms with Gasteiger partial charge in [0, 0.05) is 35.8 Å². The van der Waals surface area contributed by atoms with Crippen LogP contribution in [0.5, 0.6) is 0 Å². The Balaban J connectivity index is 2.05. The molecule has 0 bridgehead atoms.